The molecule has 4 rings (SSSR count). The molecule has 1 fully saturated rings. The number of aryl methyl sites for hydroxylation is 2. The molecule has 0 spiro atoms. The minimum Gasteiger partial charge on any atom is -0.478 e. The molecular weight excluding hydrogens is 402 g/mol. The second-order valence-corrected chi connectivity index (χ2v) is 10.7. The van der Waals surface area contributed by atoms with E-state index in [0.717, 1.165) is 61.6 Å². The molecule has 1 unspecified atom stereocenters. The monoisotopic (exact) mass is 431 g/mol. The highest BCUT2D eigenvalue weighted by atomic mass is 32.2. The molecule has 1 aromatic rings. The van der Waals surface area contributed by atoms with Crippen molar-refractivity contribution in [2.75, 3.05) is 18.5 Å². The Labute approximate surface area is 177 Å². The maximum atomic E-state index is 13.1. The molecule has 0 aromatic heterocycles. The fourth-order valence-corrected chi connectivity index (χ4v) is 5.36. The van der Waals surface area contributed by atoms with E-state index in [0.29, 0.717) is 13.2 Å². The van der Waals surface area contributed by atoms with Gasteiger partial charge >= 0.3 is 6.03 Å². The molecule has 1 atom stereocenters. The van der Waals surface area contributed by atoms with Gasteiger partial charge in [0, 0.05) is 23.9 Å². The zero-order valence-corrected chi connectivity index (χ0v) is 18.3. The highest BCUT2D eigenvalue weighted by Gasteiger charge is 2.29. The molecule has 1 aliphatic heterocycles. The largest absolute Gasteiger partial charge is 0.478 e. The van der Waals surface area contributed by atoms with Gasteiger partial charge in [0.1, 0.15) is 4.91 Å². The highest BCUT2D eigenvalue weighted by Crippen LogP contribution is 2.38. The molecule has 1 aromatic carbocycles. The van der Waals surface area contributed by atoms with Crippen LogP contribution in [-0.2, 0) is 40.3 Å². The van der Waals surface area contributed by atoms with Crippen molar-refractivity contribution in [3.8, 4) is 0 Å². The Kier molecular flexibility index (Phi) is 5.36. The number of nitrogens with one attached hydrogen (secondary N) is 3. The number of hydrogen-bond acceptors (Lipinski definition) is 5. The molecule has 9 heteroatoms. The molecular formula is C21H29N5O3S. The van der Waals surface area contributed by atoms with Gasteiger partial charge in [0.2, 0.25) is 5.88 Å². The van der Waals surface area contributed by atoms with Crippen LogP contribution >= 0.6 is 0 Å². The van der Waals surface area contributed by atoms with E-state index in [2.05, 4.69) is 21.1 Å². The second kappa shape index (κ2) is 7.70. The van der Waals surface area contributed by atoms with Gasteiger partial charge in [-0.15, -0.1) is 4.36 Å². The second-order valence-electron chi connectivity index (χ2n) is 8.97. The summed E-state index contributed by atoms with van der Waals surface area (Å²) >= 11 is 0. The number of hydrogen-bond donors (Lipinski definition) is 4. The quantitative estimate of drug-likeness (QED) is 0.548. The smallest absolute Gasteiger partial charge is 0.354 e. The van der Waals surface area contributed by atoms with Gasteiger partial charge in [0.05, 0.1) is 6.61 Å². The summed E-state index contributed by atoms with van der Waals surface area (Å²) in [6.07, 6.45) is 6.83. The number of fused-ring (bicyclic) bond motifs is 2. The molecule has 30 heavy (non-hydrogen) atoms. The van der Waals surface area contributed by atoms with Crippen LogP contribution in [0.2, 0.25) is 0 Å². The predicted molar refractivity (Wildman–Crippen MR) is 118 cm³/mol. The average molecular weight is 432 g/mol. The minimum atomic E-state index is -3.64. The first-order valence-electron chi connectivity index (χ1n) is 10.3. The van der Waals surface area contributed by atoms with Gasteiger partial charge in [-0.25, -0.2) is 14.1 Å². The molecule has 0 radical (unpaired) electrons. The van der Waals surface area contributed by atoms with Crippen molar-refractivity contribution in [3.05, 3.63) is 39.1 Å². The summed E-state index contributed by atoms with van der Waals surface area (Å²) in [6.45, 7) is 5.00. The SMILES string of the molecule is CC1(C)CN/C(=C(\C=N)S(N)(=O)=NC(=O)Nc2c3c(cc4c2CCC4)CCC3)OC1. The maximum absolute atomic E-state index is 13.1. The Hall–Kier alpha value is -2.39. The zero-order valence-electron chi connectivity index (χ0n) is 17.5. The number of allylic oxidation sites excluding steroid dienone is 1. The predicted octanol–water partition coefficient (Wildman–Crippen LogP) is 3.00. The van der Waals surface area contributed by atoms with E-state index >= 15 is 0 Å². The first-order valence-corrected chi connectivity index (χ1v) is 11.9. The van der Waals surface area contributed by atoms with Crippen molar-refractivity contribution >= 4 is 27.8 Å². The zero-order chi connectivity index (χ0) is 21.5. The van der Waals surface area contributed by atoms with Crippen LogP contribution in [0, 0.1) is 10.8 Å². The van der Waals surface area contributed by atoms with Gasteiger partial charge in [-0.2, -0.15) is 0 Å². The van der Waals surface area contributed by atoms with Crippen LogP contribution in [0.5, 0.6) is 0 Å². The van der Waals surface area contributed by atoms with Crippen LogP contribution in [0.4, 0.5) is 10.5 Å². The normalized spacial score (nSPS) is 22.6. The van der Waals surface area contributed by atoms with E-state index in [1.165, 1.54) is 11.1 Å². The summed E-state index contributed by atoms with van der Waals surface area (Å²) in [4.78, 5) is 12.6. The fraction of sp³-hybridized carbons (Fsp3) is 0.524. The van der Waals surface area contributed by atoms with Gasteiger partial charge in [-0.1, -0.05) is 19.9 Å². The van der Waals surface area contributed by atoms with E-state index in [4.69, 9.17) is 15.3 Å². The molecule has 2 aliphatic carbocycles. The number of amides is 2. The first kappa shape index (κ1) is 20.9. The van der Waals surface area contributed by atoms with Crippen molar-refractivity contribution in [1.29, 1.82) is 5.41 Å². The molecule has 3 aliphatic rings. The lowest BCUT2D eigenvalue weighted by molar-refractivity contribution is 0.0621. The van der Waals surface area contributed by atoms with E-state index < -0.39 is 15.9 Å². The van der Waals surface area contributed by atoms with Crippen molar-refractivity contribution < 1.29 is 13.7 Å². The molecule has 2 amide bonds. The number of nitrogens with two attached hydrogens (primary N) is 1. The van der Waals surface area contributed by atoms with Crippen LogP contribution in [0.1, 0.15) is 48.9 Å². The summed E-state index contributed by atoms with van der Waals surface area (Å²) in [5.74, 6) is 0.148. The van der Waals surface area contributed by atoms with Crippen LogP contribution < -0.4 is 15.8 Å². The third-order valence-corrected chi connectivity index (χ3v) is 7.30. The Morgan fingerprint density at radius 3 is 2.43 bits per heavy atom. The van der Waals surface area contributed by atoms with Crippen molar-refractivity contribution in [2.45, 2.75) is 52.4 Å². The molecule has 0 saturated carbocycles. The minimum absolute atomic E-state index is 0.102. The van der Waals surface area contributed by atoms with E-state index in [1.54, 1.807) is 0 Å². The van der Waals surface area contributed by atoms with Gasteiger partial charge in [-0.05, 0) is 60.8 Å². The van der Waals surface area contributed by atoms with Crippen LogP contribution in [0.25, 0.3) is 0 Å². The molecule has 5 N–H and O–H groups in total. The van der Waals surface area contributed by atoms with Crippen LogP contribution in [0.15, 0.2) is 21.2 Å². The summed E-state index contributed by atoms with van der Waals surface area (Å²) in [5.41, 5.74) is 5.60. The van der Waals surface area contributed by atoms with Gasteiger partial charge in [-0.3, -0.25) is 0 Å². The third kappa shape index (κ3) is 3.96. The lowest BCUT2D eigenvalue weighted by Crippen LogP contribution is -2.41. The third-order valence-electron chi connectivity index (χ3n) is 5.93. The van der Waals surface area contributed by atoms with E-state index in [-0.39, 0.29) is 16.2 Å². The number of carbonyl (C=O) groups is 1. The van der Waals surface area contributed by atoms with E-state index in [1.807, 2.05) is 13.8 Å². The van der Waals surface area contributed by atoms with Gasteiger partial charge in [0.15, 0.2) is 9.92 Å². The molecule has 162 valence electrons. The van der Waals surface area contributed by atoms with E-state index in [9.17, 15) is 9.00 Å². The number of rotatable bonds is 3. The number of benzene rings is 1. The van der Waals surface area contributed by atoms with Crippen molar-refractivity contribution in [1.82, 2.24) is 5.32 Å². The Bertz CT molecular complexity index is 1020. The summed E-state index contributed by atoms with van der Waals surface area (Å²) in [6, 6.07) is 1.52. The summed E-state index contributed by atoms with van der Waals surface area (Å²) in [5, 5.41) is 19.5. The fourth-order valence-electron chi connectivity index (χ4n) is 4.40. The Balaban J connectivity index is 1.63. The average Bonchev–Trinajstić information content (AvgIpc) is 3.32. The standard InChI is InChI=1S/C21H29N5O3S/c1-21(2)11-24-19(29-12-21)17(10-22)30(23,28)26-20(27)25-18-15-7-3-5-13(15)9-14-6-4-8-16(14)18/h9-10,22,24H,3-8,11-12H2,1-2H3,(H3,23,25,26,27,28)/b19-17-,22-10?. The first-order chi connectivity index (χ1) is 14.2. The van der Waals surface area contributed by atoms with Crippen molar-refractivity contribution in [3.63, 3.8) is 0 Å². The summed E-state index contributed by atoms with van der Waals surface area (Å²) in [7, 11) is -3.64. The van der Waals surface area contributed by atoms with Gasteiger partial charge in [0.25, 0.3) is 0 Å². The van der Waals surface area contributed by atoms with Gasteiger partial charge < -0.3 is 20.8 Å². The Morgan fingerprint density at radius 2 is 1.90 bits per heavy atom. The molecule has 8 nitrogen and oxygen atoms in total. The summed E-state index contributed by atoms with van der Waals surface area (Å²) < 4.78 is 22.5. The lowest BCUT2D eigenvalue weighted by Gasteiger charge is -2.33. The number of urea groups is 1. The molecule has 1 saturated heterocycles. The number of nitrogens with zero attached hydrogens (tertiary/aromatic N) is 1. The van der Waals surface area contributed by atoms with Crippen LogP contribution in [-0.4, -0.2) is 29.6 Å². The van der Waals surface area contributed by atoms with Crippen LogP contribution in [0.3, 0.4) is 0 Å². The molecule has 1 heterocycles. The van der Waals surface area contributed by atoms with Crippen molar-refractivity contribution in [2.24, 2.45) is 14.9 Å². The highest BCUT2D eigenvalue weighted by molar-refractivity contribution is 7.96. The lowest BCUT2D eigenvalue weighted by atomic mass is 9.94. The number of carbonyl (C=O) groups excluding carboxylic acids is 1. The maximum Gasteiger partial charge on any atom is 0.354 e. The topological polar surface area (TPSA) is 130 Å². The Morgan fingerprint density at radius 1 is 1.27 bits per heavy atom. The molecule has 0 bridgehead atoms. The number of anilines is 1. The number of ether oxygens (including phenoxy) is 1.